The van der Waals surface area contributed by atoms with Gasteiger partial charge in [0.2, 0.25) is 0 Å². The van der Waals surface area contributed by atoms with Crippen molar-refractivity contribution in [3.63, 3.8) is 0 Å². The maximum Gasteiger partial charge on any atom is 0.491 e. The molecule has 0 aromatic heterocycles. The van der Waals surface area contributed by atoms with E-state index in [1.807, 2.05) is 18.2 Å². The largest absolute Gasteiger partial charge is 0.493 e. The van der Waals surface area contributed by atoms with Gasteiger partial charge in [0.05, 0.1) is 6.61 Å². The monoisotopic (exact) mass is 454 g/mol. The molecule has 6 heteroatoms. The van der Waals surface area contributed by atoms with Crippen molar-refractivity contribution >= 4 is 35.2 Å². The van der Waals surface area contributed by atoms with Crippen molar-refractivity contribution in [1.82, 2.24) is 0 Å². The molecule has 1 aliphatic rings. The standard InChI is InChI=1S/C19H21BFIO3/c1-13-11-19(13,22)15(9-14-5-3-2-4-6-14)12-25-16-7-8-17(20(23)24)18(21)10-16/h2-8,10,13,15,23-24H,9,11-12H2,1H3/t13?,15?,19-/m0/s1. The minimum absolute atomic E-state index is 0.144. The fourth-order valence-corrected chi connectivity index (χ4v) is 4.31. The van der Waals surface area contributed by atoms with Crippen LogP contribution < -0.4 is 10.2 Å². The SMILES string of the molecule is CC1C[C@@]1(I)C(COc1ccc(B(O)O)c(F)c1)Cc1ccccc1. The molecular formula is C19H21BFIO3. The van der Waals surface area contributed by atoms with E-state index >= 15 is 0 Å². The molecule has 25 heavy (non-hydrogen) atoms. The fourth-order valence-electron chi connectivity index (χ4n) is 3.25. The number of alkyl halides is 1. The molecular weight excluding hydrogens is 433 g/mol. The zero-order chi connectivity index (χ0) is 18.0. The van der Waals surface area contributed by atoms with Crippen LogP contribution in [0.5, 0.6) is 5.75 Å². The van der Waals surface area contributed by atoms with Crippen LogP contribution in [0.2, 0.25) is 0 Å². The van der Waals surface area contributed by atoms with Crippen molar-refractivity contribution in [1.29, 1.82) is 0 Å². The number of hydrogen-bond acceptors (Lipinski definition) is 3. The first kappa shape index (κ1) is 18.7. The lowest BCUT2D eigenvalue weighted by molar-refractivity contribution is 0.239. The maximum atomic E-state index is 13.9. The minimum Gasteiger partial charge on any atom is -0.493 e. The Labute approximate surface area is 161 Å². The van der Waals surface area contributed by atoms with E-state index in [9.17, 15) is 4.39 Å². The number of hydrogen-bond donors (Lipinski definition) is 2. The Bertz CT molecular complexity index is 728. The van der Waals surface area contributed by atoms with Crippen molar-refractivity contribution in [3.05, 3.63) is 59.9 Å². The summed E-state index contributed by atoms with van der Waals surface area (Å²) >= 11 is 2.55. The average Bonchev–Trinajstić information content (AvgIpc) is 3.20. The van der Waals surface area contributed by atoms with Crippen LogP contribution in [0.4, 0.5) is 4.39 Å². The van der Waals surface area contributed by atoms with E-state index in [-0.39, 0.29) is 8.88 Å². The van der Waals surface area contributed by atoms with Gasteiger partial charge in [-0.3, -0.25) is 0 Å². The molecule has 0 bridgehead atoms. The van der Waals surface area contributed by atoms with Crippen molar-refractivity contribution < 1.29 is 19.2 Å². The Morgan fingerprint density at radius 3 is 2.52 bits per heavy atom. The van der Waals surface area contributed by atoms with E-state index in [1.165, 1.54) is 24.1 Å². The summed E-state index contributed by atoms with van der Waals surface area (Å²) in [5, 5.41) is 18.2. The molecule has 0 spiro atoms. The second kappa shape index (κ2) is 7.64. The van der Waals surface area contributed by atoms with Gasteiger partial charge in [0.1, 0.15) is 11.6 Å². The van der Waals surface area contributed by atoms with Crippen LogP contribution in [-0.2, 0) is 6.42 Å². The molecule has 1 aliphatic carbocycles. The summed E-state index contributed by atoms with van der Waals surface area (Å²) in [5.41, 5.74) is 1.13. The molecule has 1 saturated carbocycles. The van der Waals surface area contributed by atoms with Gasteiger partial charge in [-0.25, -0.2) is 4.39 Å². The molecule has 2 aromatic carbocycles. The van der Waals surface area contributed by atoms with Gasteiger partial charge >= 0.3 is 7.12 Å². The van der Waals surface area contributed by atoms with Crippen LogP contribution in [0.25, 0.3) is 0 Å². The number of ether oxygens (including phenoxy) is 1. The molecule has 0 radical (unpaired) electrons. The second-order valence-corrected chi connectivity index (χ2v) is 8.79. The lowest BCUT2D eigenvalue weighted by atomic mass is 9.80. The normalized spacial score (nSPS) is 23.2. The van der Waals surface area contributed by atoms with Gasteiger partial charge in [0, 0.05) is 20.9 Å². The van der Waals surface area contributed by atoms with Gasteiger partial charge in [-0.2, -0.15) is 0 Å². The second-order valence-electron chi connectivity index (χ2n) is 6.79. The predicted octanol–water partition coefficient (Wildman–Crippen LogP) is 2.96. The average molecular weight is 454 g/mol. The summed E-state index contributed by atoms with van der Waals surface area (Å²) in [7, 11) is -1.81. The summed E-state index contributed by atoms with van der Waals surface area (Å²) in [6, 6.07) is 14.5. The van der Waals surface area contributed by atoms with Crippen LogP contribution in [-0.4, -0.2) is 27.2 Å². The van der Waals surface area contributed by atoms with Crippen LogP contribution in [0.3, 0.4) is 0 Å². The number of benzene rings is 2. The van der Waals surface area contributed by atoms with E-state index in [4.69, 9.17) is 14.8 Å². The van der Waals surface area contributed by atoms with Crippen LogP contribution >= 0.6 is 22.6 Å². The summed E-state index contributed by atoms with van der Waals surface area (Å²) in [4.78, 5) is 0. The van der Waals surface area contributed by atoms with E-state index < -0.39 is 12.9 Å². The van der Waals surface area contributed by atoms with E-state index in [0.29, 0.717) is 24.2 Å². The third kappa shape index (κ3) is 4.35. The summed E-state index contributed by atoms with van der Waals surface area (Å²) in [5.74, 6) is 0.718. The fraction of sp³-hybridized carbons (Fsp3) is 0.368. The molecule has 0 amide bonds. The molecule has 0 aliphatic heterocycles. The molecule has 3 rings (SSSR count). The molecule has 3 atom stereocenters. The molecule has 3 nitrogen and oxygen atoms in total. The third-order valence-electron chi connectivity index (χ3n) is 4.98. The molecule has 1 fully saturated rings. The number of halogens is 2. The van der Waals surface area contributed by atoms with Crippen molar-refractivity contribution in [2.45, 2.75) is 23.2 Å². The van der Waals surface area contributed by atoms with Crippen molar-refractivity contribution in [3.8, 4) is 5.75 Å². The van der Waals surface area contributed by atoms with Gasteiger partial charge in [0.15, 0.2) is 0 Å². The van der Waals surface area contributed by atoms with E-state index in [0.717, 1.165) is 6.42 Å². The van der Waals surface area contributed by atoms with E-state index in [1.54, 1.807) is 6.07 Å². The summed E-state index contributed by atoms with van der Waals surface area (Å²) in [6.45, 7) is 2.75. The van der Waals surface area contributed by atoms with Crippen LogP contribution in [0.15, 0.2) is 48.5 Å². The first-order valence-corrected chi connectivity index (χ1v) is 9.49. The predicted molar refractivity (Wildman–Crippen MR) is 106 cm³/mol. The van der Waals surface area contributed by atoms with E-state index in [2.05, 4.69) is 41.6 Å². The molecule has 2 unspecified atom stereocenters. The zero-order valence-electron chi connectivity index (χ0n) is 14.0. The maximum absolute atomic E-state index is 13.9. The lowest BCUT2D eigenvalue weighted by Crippen LogP contribution is -2.32. The highest BCUT2D eigenvalue weighted by atomic mass is 127. The lowest BCUT2D eigenvalue weighted by Gasteiger charge is -2.24. The molecule has 132 valence electrons. The topological polar surface area (TPSA) is 49.7 Å². The Hall–Kier alpha value is -1.12. The Morgan fingerprint density at radius 1 is 1.28 bits per heavy atom. The smallest absolute Gasteiger partial charge is 0.491 e. The van der Waals surface area contributed by atoms with Gasteiger partial charge in [-0.15, -0.1) is 0 Å². The molecule has 2 aromatic rings. The Balaban J connectivity index is 1.70. The Morgan fingerprint density at radius 2 is 1.96 bits per heavy atom. The Kier molecular flexibility index (Phi) is 5.70. The number of rotatable bonds is 7. The van der Waals surface area contributed by atoms with Gasteiger partial charge in [-0.05, 0) is 30.4 Å². The van der Waals surface area contributed by atoms with Gasteiger partial charge < -0.3 is 14.8 Å². The third-order valence-corrected chi connectivity index (χ3v) is 7.37. The molecule has 0 heterocycles. The molecule has 0 saturated heterocycles. The quantitative estimate of drug-likeness (QED) is 0.385. The van der Waals surface area contributed by atoms with Crippen molar-refractivity contribution in [2.75, 3.05) is 6.61 Å². The first-order valence-electron chi connectivity index (χ1n) is 8.41. The van der Waals surface area contributed by atoms with Gasteiger partial charge in [-0.1, -0.05) is 65.9 Å². The summed E-state index contributed by atoms with van der Waals surface area (Å²) < 4.78 is 20.0. The highest BCUT2D eigenvalue weighted by Crippen LogP contribution is 2.57. The molecule has 2 N–H and O–H groups in total. The summed E-state index contributed by atoms with van der Waals surface area (Å²) in [6.07, 6.45) is 2.09. The van der Waals surface area contributed by atoms with Crippen molar-refractivity contribution in [2.24, 2.45) is 11.8 Å². The van der Waals surface area contributed by atoms with Crippen LogP contribution in [0.1, 0.15) is 18.9 Å². The minimum atomic E-state index is -1.81. The van der Waals surface area contributed by atoms with Crippen LogP contribution in [0, 0.1) is 17.7 Å². The van der Waals surface area contributed by atoms with Gasteiger partial charge in [0.25, 0.3) is 0 Å². The zero-order valence-corrected chi connectivity index (χ0v) is 16.2. The highest BCUT2D eigenvalue weighted by Gasteiger charge is 2.54. The first-order chi connectivity index (χ1) is 11.9. The highest BCUT2D eigenvalue weighted by molar-refractivity contribution is 14.1.